The number of ether oxygens (including phenoxy) is 2. The van der Waals surface area contributed by atoms with E-state index in [1.807, 2.05) is 34.8 Å². The summed E-state index contributed by atoms with van der Waals surface area (Å²) in [6.07, 6.45) is 4.08. The van der Waals surface area contributed by atoms with Crippen molar-refractivity contribution in [3.8, 4) is 0 Å². The number of aromatic nitrogens is 1. The maximum Gasteiger partial charge on any atom is 0.270 e. The van der Waals surface area contributed by atoms with Crippen molar-refractivity contribution in [3.05, 3.63) is 24.0 Å². The maximum absolute atomic E-state index is 12.9. The van der Waals surface area contributed by atoms with E-state index in [-0.39, 0.29) is 11.3 Å². The average molecular weight is 335 g/mol. The molecule has 3 heterocycles. The lowest BCUT2D eigenvalue weighted by atomic mass is 9.80. The first kappa shape index (κ1) is 17.5. The van der Waals surface area contributed by atoms with Gasteiger partial charge in [-0.1, -0.05) is 0 Å². The molecule has 0 radical (unpaired) electrons. The molecule has 0 aromatic carbocycles. The molecule has 2 aliphatic heterocycles. The first-order valence-corrected chi connectivity index (χ1v) is 8.83. The van der Waals surface area contributed by atoms with Gasteiger partial charge in [0.2, 0.25) is 0 Å². The fourth-order valence-corrected chi connectivity index (χ4v) is 3.97. The Kier molecular flexibility index (Phi) is 5.58. The second-order valence-corrected chi connectivity index (χ2v) is 7.16. The molecule has 134 valence electrons. The van der Waals surface area contributed by atoms with Crippen LogP contribution in [0, 0.1) is 5.41 Å². The summed E-state index contributed by atoms with van der Waals surface area (Å²) >= 11 is 0. The third-order valence-electron chi connectivity index (χ3n) is 5.24. The van der Waals surface area contributed by atoms with E-state index in [0.717, 1.165) is 71.1 Å². The minimum absolute atomic E-state index is 0.0450. The highest BCUT2D eigenvalue weighted by molar-refractivity contribution is 5.92. The van der Waals surface area contributed by atoms with E-state index in [0.29, 0.717) is 0 Å². The van der Waals surface area contributed by atoms with E-state index in [4.69, 9.17) is 9.47 Å². The van der Waals surface area contributed by atoms with Gasteiger partial charge < -0.3 is 18.9 Å². The molecule has 6 heteroatoms. The normalized spacial score (nSPS) is 25.8. The zero-order valence-electron chi connectivity index (χ0n) is 14.9. The van der Waals surface area contributed by atoms with Crippen LogP contribution in [0.2, 0.25) is 0 Å². The monoisotopic (exact) mass is 335 g/mol. The number of amides is 1. The van der Waals surface area contributed by atoms with Crippen molar-refractivity contribution in [2.24, 2.45) is 12.5 Å². The van der Waals surface area contributed by atoms with Gasteiger partial charge in [0.1, 0.15) is 5.69 Å². The number of hydrogen-bond donors (Lipinski definition) is 0. The Hall–Kier alpha value is -1.37. The zero-order chi connectivity index (χ0) is 17.0. The topological polar surface area (TPSA) is 46.9 Å². The number of carbonyl (C=O) groups is 1. The van der Waals surface area contributed by atoms with Crippen LogP contribution in [0.4, 0.5) is 0 Å². The molecule has 1 atom stereocenters. The zero-order valence-corrected chi connectivity index (χ0v) is 14.9. The Balaban J connectivity index is 1.71. The van der Waals surface area contributed by atoms with Crippen molar-refractivity contribution in [3.63, 3.8) is 0 Å². The van der Waals surface area contributed by atoms with E-state index in [2.05, 4.69) is 4.90 Å². The third-order valence-corrected chi connectivity index (χ3v) is 5.24. The third kappa shape index (κ3) is 3.82. The van der Waals surface area contributed by atoms with E-state index in [9.17, 15) is 4.79 Å². The number of rotatable bonds is 4. The van der Waals surface area contributed by atoms with Crippen LogP contribution >= 0.6 is 0 Å². The van der Waals surface area contributed by atoms with Crippen LogP contribution < -0.4 is 0 Å². The summed E-state index contributed by atoms with van der Waals surface area (Å²) in [5.74, 6) is 0.134. The summed E-state index contributed by atoms with van der Waals surface area (Å²) in [4.78, 5) is 17.3. The van der Waals surface area contributed by atoms with E-state index >= 15 is 0 Å². The molecule has 0 N–H and O–H groups in total. The minimum Gasteiger partial charge on any atom is -0.383 e. The number of carbonyl (C=O) groups excluding carboxylic acids is 1. The number of methoxy groups -OCH3 is 1. The molecule has 6 nitrogen and oxygen atoms in total. The standard InChI is InChI=1S/C18H29N3O3/c1-19-7-3-5-16(19)17(22)21-8-4-6-18(14-21)13-20(9-11-23-2)10-12-24-15-18/h3,5,7H,4,6,8-15H2,1-2H3. The summed E-state index contributed by atoms with van der Waals surface area (Å²) in [6.45, 7) is 6.70. The molecular weight excluding hydrogens is 306 g/mol. The van der Waals surface area contributed by atoms with Gasteiger partial charge >= 0.3 is 0 Å². The quantitative estimate of drug-likeness (QED) is 0.830. The predicted octanol–water partition coefficient (Wildman–Crippen LogP) is 1.23. The van der Waals surface area contributed by atoms with Crippen LogP contribution in [-0.2, 0) is 16.5 Å². The molecule has 1 spiro atoms. The fourth-order valence-electron chi connectivity index (χ4n) is 3.97. The Morgan fingerprint density at radius 2 is 2.25 bits per heavy atom. The molecule has 1 aromatic rings. The smallest absolute Gasteiger partial charge is 0.270 e. The molecule has 24 heavy (non-hydrogen) atoms. The van der Waals surface area contributed by atoms with Crippen LogP contribution in [0.5, 0.6) is 0 Å². The molecule has 2 aliphatic rings. The van der Waals surface area contributed by atoms with Crippen LogP contribution in [0.3, 0.4) is 0 Å². The molecule has 1 unspecified atom stereocenters. The number of piperidine rings is 1. The van der Waals surface area contributed by atoms with Gasteiger partial charge in [0.25, 0.3) is 5.91 Å². The minimum atomic E-state index is 0.0450. The first-order chi connectivity index (χ1) is 11.6. The Labute approximate surface area is 144 Å². The molecule has 1 amide bonds. The van der Waals surface area contributed by atoms with E-state index in [1.165, 1.54) is 0 Å². The highest BCUT2D eigenvalue weighted by Crippen LogP contribution is 2.33. The van der Waals surface area contributed by atoms with Crippen LogP contribution in [0.15, 0.2) is 18.3 Å². The summed E-state index contributed by atoms with van der Waals surface area (Å²) in [6, 6.07) is 3.83. The van der Waals surface area contributed by atoms with Crippen LogP contribution in [0.25, 0.3) is 0 Å². The Morgan fingerprint density at radius 1 is 1.38 bits per heavy atom. The summed E-state index contributed by atoms with van der Waals surface area (Å²) < 4.78 is 13.0. The molecule has 2 fully saturated rings. The van der Waals surface area contributed by atoms with Crippen LogP contribution in [-0.4, -0.2) is 79.9 Å². The predicted molar refractivity (Wildman–Crippen MR) is 92.1 cm³/mol. The van der Waals surface area contributed by atoms with Gasteiger partial charge in [-0.25, -0.2) is 0 Å². The molecule has 3 rings (SSSR count). The number of hydrogen-bond acceptors (Lipinski definition) is 4. The maximum atomic E-state index is 12.9. The summed E-state index contributed by atoms with van der Waals surface area (Å²) in [7, 11) is 3.67. The van der Waals surface area contributed by atoms with Gasteiger partial charge in [0.15, 0.2) is 0 Å². The van der Waals surface area contributed by atoms with Gasteiger partial charge in [-0.05, 0) is 25.0 Å². The summed E-state index contributed by atoms with van der Waals surface area (Å²) in [5, 5.41) is 0. The molecule has 2 saturated heterocycles. The first-order valence-electron chi connectivity index (χ1n) is 8.83. The molecule has 0 saturated carbocycles. The van der Waals surface area contributed by atoms with E-state index in [1.54, 1.807) is 7.11 Å². The summed E-state index contributed by atoms with van der Waals surface area (Å²) in [5.41, 5.74) is 0.807. The molecule has 0 aliphatic carbocycles. The lowest BCUT2D eigenvalue weighted by Crippen LogP contribution is -2.52. The van der Waals surface area contributed by atoms with E-state index < -0.39 is 0 Å². The molecule has 0 bridgehead atoms. The Bertz CT molecular complexity index is 559. The van der Waals surface area contributed by atoms with Crippen molar-refractivity contribution in [1.29, 1.82) is 0 Å². The average Bonchev–Trinajstić information content (AvgIpc) is 2.92. The van der Waals surface area contributed by atoms with Crippen molar-refractivity contribution in [1.82, 2.24) is 14.4 Å². The van der Waals surface area contributed by atoms with Gasteiger partial charge in [-0.15, -0.1) is 0 Å². The number of likely N-dealkylation sites (tertiary alicyclic amines) is 1. The fraction of sp³-hybridized carbons (Fsp3) is 0.722. The number of nitrogens with zero attached hydrogens (tertiary/aromatic N) is 3. The molecule has 1 aromatic heterocycles. The second kappa shape index (κ2) is 7.68. The lowest BCUT2D eigenvalue weighted by Gasteiger charge is -2.43. The van der Waals surface area contributed by atoms with Crippen molar-refractivity contribution in [2.75, 3.05) is 59.7 Å². The number of aryl methyl sites for hydroxylation is 1. The van der Waals surface area contributed by atoms with Crippen molar-refractivity contribution in [2.45, 2.75) is 12.8 Å². The lowest BCUT2D eigenvalue weighted by molar-refractivity contribution is 0.00584. The highest BCUT2D eigenvalue weighted by Gasteiger charge is 2.40. The SMILES string of the molecule is COCCN1CCOCC2(CCCN(C(=O)c3cccn3C)C2)C1. The van der Waals surface area contributed by atoms with Gasteiger partial charge in [-0.2, -0.15) is 0 Å². The van der Waals surface area contributed by atoms with Crippen molar-refractivity contribution < 1.29 is 14.3 Å². The highest BCUT2D eigenvalue weighted by atomic mass is 16.5. The van der Waals surface area contributed by atoms with Gasteiger partial charge in [0, 0.05) is 58.5 Å². The van der Waals surface area contributed by atoms with Crippen LogP contribution in [0.1, 0.15) is 23.3 Å². The van der Waals surface area contributed by atoms with Crippen molar-refractivity contribution >= 4 is 5.91 Å². The second-order valence-electron chi connectivity index (χ2n) is 7.16. The molecular formula is C18H29N3O3. The largest absolute Gasteiger partial charge is 0.383 e. The van der Waals surface area contributed by atoms with Gasteiger partial charge in [0.05, 0.1) is 19.8 Å². The van der Waals surface area contributed by atoms with Gasteiger partial charge in [-0.3, -0.25) is 9.69 Å². The Morgan fingerprint density at radius 3 is 3.00 bits per heavy atom.